The van der Waals surface area contributed by atoms with Crippen molar-refractivity contribution >= 4 is 11.0 Å². The van der Waals surface area contributed by atoms with Crippen LogP contribution in [-0.2, 0) is 7.05 Å². The maximum atomic E-state index is 4.61. The summed E-state index contributed by atoms with van der Waals surface area (Å²) in [6, 6.07) is 14.4. The lowest BCUT2D eigenvalue weighted by atomic mass is 10.1. The lowest BCUT2D eigenvalue weighted by Crippen LogP contribution is -2.01. The van der Waals surface area contributed by atoms with Gasteiger partial charge in [-0.1, -0.05) is 18.2 Å². The second-order valence-corrected chi connectivity index (χ2v) is 5.70. The lowest BCUT2D eigenvalue weighted by molar-refractivity contribution is 0.879. The molecule has 2 aromatic carbocycles. The first-order valence-electron chi connectivity index (χ1n) is 7.54. The van der Waals surface area contributed by atoms with E-state index in [4.69, 9.17) is 0 Å². The summed E-state index contributed by atoms with van der Waals surface area (Å²) in [5.41, 5.74) is 5.30. The van der Waals surface area contributed by atoms with Crippen molar-refractivity contribution in [3.05, 3.63) is 60.2 Å². The molecule has 0 aliphatic rings. The molecule has 2 aromatic heterocycles. The average molecular weight is 303 g/mol. The summed E-state index contributed by atoms with van der Waals surface area (Å²) in [4.78, 5) is 9.07. The van der Waals surface area contributed by atoms with Gasteiger partial charge in [0.2, 0.25) is 0 Å². The van der Waals surface area contributed by atoms with Crippen molar-refractivity contribution in [3.63, 3.8) is 0 Å². The Balaban J connectivity index is 1.90. The predicted molar refractivity (Wildman–Crippen MR) is 90.5 cm³/mol. The van der Waals surface area contributed by atoms with Gasteiger partial charge >= 0.3 is 0 Å². The highest BCUT2D eigenvalue weighted by Gasteiger charge is 2.13. The molecule has 114 valence electrons. The van der Waals surface area contributed by atoms with Crippen LogP contribution in [0.15, 0.2) is 48.8 Å². The van der Waals surface area contributed by atoms with Gasteiger partial charge in [0, 0.05) is 12.6 Å². The molecule has 0 atom stereocenters. The van der Waals surface area contributed by atoms with Crippen molar-refractivity contribution in [2.24, 2.45) is 7.05 Å². The van der Waals surface area contributed by atoms with E-state index < -0.39 is 0 Å². The summed E-state index contributed by atoms with van der Waals surface area (Å²) in [6.07, 6.45) is 1.59. The molecule has 0 amide bonds. The standard InChI is InChI=1S/C18H17N5/c1-12-6-4-5-7-16(12)23-18(19-11-20-23)14-8-9-17-15(10-14)21-13(2)22(17)3/h4-11H,1-3H3. The van der Waals surface area contributed by atoms with Gasteiger partial charge in [0.15, 0.2) is 5.82 Å². The molecule has 4 aromatic rings. The zero-order valence-corrected chi connectivity index (χ0v) is 13.4. The summed E-state index contributed by atoms with van der Waals surface area (Å²) in [6.45, 7) is 4.08. The van der Waals surface area contributed by atoms with E-state index in [1.54, 1.807) is 6.33 Å². The van der Waals surface area contributed by atoms with Gasteiger partial charge in [-0.2, -0.15) is 5.10 Å². The maximum absolute atomic E-state index is 4.61. The number of imidazole rings is 1. The number of fused-ring (bicyclic) bond motifs is 1. The normalized spacial score (nSPS) is 11.3. The molecule has 0 bridgehead atoms. The van der Waals surface area contributed by atoms with E-state index in [-0.39, 0.29) is 0 Å². The van der Waals surface area contributed by atoms with Crippen LogP contribution >= 0.6 is 0 Å². The second kappa shape index (κ2) is 5.05. The Morgan fingerprint density at radius 1 is 1.00 bits per heavy atom. The number of aryl methyl sites for hydroxylation is 3. The number of hydrogen-bond acceptors (Lipinski definition) is 3. The first kappa shape index (κ1) is 13.7. The van der Waals surface area contributed by atoms with Crippen molar-refractivity contribution in [3.8, 4) is 17.1 Å². The molecule has 0 aliphatic heterocycles. The predicted octanol–water partition coefficient (Wildman–Crippen LogP) is 3.44. The highest BCUT2D eigenvalue weighted by Crippen LogP contribution is 2.25. The smallest absolute Gasteiger partial charge is 0.163 e. The first-order valence-corrected chi connectivity index (χ1v) is 7.54. The van der Waals surface area contributed by atoms with Crippen molar-refractivity contribution in [2.45, 2.75) is 13.8 Å². The topological polar surface area (TPSA) is 48.5 Å². The van der Waals surface area contributed by atoms with Crippen LogP contribution in [0.3, 0.4) is 0 Å². The minimum Gasteiger partial charge on any atom is -0.331 e. The summed E-state index contributed by atoms with van der Waals surface area (Å²) < 4.78 is 3.97. The van der Waals surface area contributed by atoms with Gasteiger partial charge in [0.05, 0.1) is 16.7 Å². The van der Waals surface area contributed by atoms with Crippen LogP contribution in [0, 0.1) is 13.8 Å². The lowest BCUT2D eigenvalue weighted by Gasteiger charge is -2.09. The monoisotopic (exact) mass is 303 g/mol. The van der Waals surface area contributed by atoms with Crippen LogP contribution in [0.25, 0.3) is 28.1 Å². The number of rotatable bonds is 2. The Hall–Kier alpha value is -2.95. The maximum Gasteiger partial charge on any atom is 0.163 e. The molecule has 5 nitrogen and oxygen atoms in total. The summed E-state index contributed by atoms with van der Waals surface area (Å²) in [5, 5.41) is 4.41. The zero-order chi connectivity index (χ0) is 16.0. The van der Waals surface area contributed by atoms with Crippen molar-refractivity contribution in [1.82, 2.24) is 24.3 Å². The van der Waals surface area contributed by atoms with E-state index in [2.05, 4.69) is 56.9 Å². The third-order valence-electron chi connectivity index (χ3n) is 4.25. The molecule has 0 fully saturated rings. The zero-order valence-electron chi connectivity index (χ0n) is 13.4. The Morgan fingerprint density at radius 3 is 2.65 bits per heavy atom. The fraction of sp³-hybridized carbons (Fsp3) is 0.167. The molecular weight excluding hydrogens is 286 g/mol. The molecule has 0 unspecified atom stereocenters. The molecule has 5 heteroatoms. The van der Waals surface area contributed by atoms with Gasteiger partial charge in [-0.25, -0.2) is 14.6 Å². The van der Waals surface area contributed by atoms with Crippen molar-refractivity contribution in [1.29, 1.82) is 0 Å². The highest BCUT2D eigenvalue weighted by atomic mass is 15.3. The largest absolute Gasteiger partial charge is 0.331 e. The summed E-state index contributed by atoms with van der Waals surface area (Å²) in [5.74, 6) is 1.82. The third kappa shape index (κ3) is 2.12. The minimum atomic E-state index is 0.824. The minimum absolute atomic E-state index is 0.824. The molecule has 0 saturated carbocycles. The Kier molecular flexibility index (Phi) is 3.01. The van der Waals surface area contributed by atoms with Gasteiger partial charge in [0.25, 0.3) is 0 Å². The van der Waals surface area contributed by atoms with Gasteiger partial charge in [-0.3, -0.25) is 0 Å². The van der Waals surface area contributed by atoms with Crippen molar-refractivity contribution in [2.75, 3.05) is 0 Å². The molecule has 0 N–H and O–H groups in total. The Labute approximate surface area is 134 Å². The second-order valence-electron chi connectivity index (χ2n) is 5.70. The van der Waals surface area contributed by atoms with Crippen molar-refractivity contribution < 1.29 is 0 Å². The average Bonchev–Trinajstić information content (AvgIpc) is 3.13. The summed E-state index contributed by atoms with van der Waals surface area (Å²) in [7, 11) is 2.03. The number of nitrogens with zero attached hydrogens (tertiary/aromatic N) is 5. The van der Waals surface area contributed by atoms with E-state index in [0.29, 0.717) is 0 Å². The Bertz CT molecular complexity index is 1010. The van der Waals surface area contributed by atoms with E-state index in [1.165, 1.54) is 0 Å². The number of aromatic nitrogens is 5. The fourth-order valence-corrected chi connectivity index (χ4v) is 2.88. The molecule has 0 spiro atoms. The molecule has 0 aliphatic carbocycles. The third-order valence-corrected chi connectivity index (χ3v) is 4.25. The Morgan fingerprint density at radius 2 is 1.83 bits per heavy atom. The SMILES string of the molecule is Cc1ccccc1-n1ncnc1-c1ccc2c(c1)nc(C)n2C. The van der Waals surface area contributed by atoms with Gasteiger partial charge in [0.1, 0.15) is 12.2 Å². The van der Waals surface area contributed by atoms with Gasteiger partial charge in [-0.05, 0) is 43.7 Å². The highest BCUT2D eigenvalue weighted by molar-refractivity contribution is 5.81. The van der Waals surface area contributed by atoms with Crippen LogP contribution in [-0.4, -0.2) is 24.3 Å². The number of para-hydroxylation sites is 1. The quantitative estimate of drug-likeness (QED) is 0.570. The molecule has 0 radical (unpaired) electrons. The van der Waals surface area contributed by atoms with Crippen LogP contribution in [0.2, 0.25) is 0 Å². The molecular formula is C18H17N5. The van der Waals surface area contributed by atoms with Crippen LogP contribution in [0.5, 0.6) is 0 Å². The molecule has 4 rings (SSSR count). The van der Waals surface area contributed by atoms with E-state index in [9.17, 15) is 0 Å². The van der Waals surface area contributed by atoms with Crippen LogP contribution in [0.1, 0.15) is 11.4 Å². The van der Waals surface area contributed by atoms with Gasteiger partial charge in [-0.15, -0.1) is 0 Å². The molecule has 2 heterocycles. The van der Waals surface area contributed by atoms with Crippen LogP contribution < -0.4 is 0 Å². The van der Waals surface area contributed by atoms with Gasteiger partial charge < -0.3 is 4.57 Å². The molecule has 23 heavy (non-hydrogen) atoms. The number of benzene rings is 2. The van der Waals surface area contributed by atoms with E-state index in [0.717, 1.165) is 39.5 Å². The fourth-order valence-electron chi connectivity index (χ4n) is 2.88. The molecule has 0 saturated heterocycles. The van der Waals surface area contributed by atoms with Crippen LogP contribution in [0.4, 0.5) is 0 Å². The van der Waals surface area contributed by atoms with E-state index >= 15 is 0 Å². The first-order chi connectivity index (χ1) is 11.1. The summed E-state index contributed by atoms with van der Waals surface area (Å²) >= 11 is 0. The number of hydrogen-bond donors (Lipinski definition) is 0. The van der Waals surface area contributed by atoms with E-state index in [1.807, 2.05) is 30.8 Å².